The number of nitrogens with zero attached hydrogens (tertiary/aromatic N) is 2. The average molecular weight is 396 g/mol. The minimum Gasteiger partial charge on any atom is -0.380 e. The van der Waals surface area contributed by atoms with Crippen LogP contribution in [0.4, 0.5) is 4.39 Å². The zero-order chi connectivity index (χ0) is 21.0. The summed E-state index contributed by atoms with van der Waals surface area (Å²) in [5, 5.41) is 11.9. The Balaban J connectivity index is 1.99. The second-order valence-electron chi connectivity index (χ2n) is 7.91. The maximum Gasteiger partial charge on any atom is 0.253 e. The first-order valence-corrected chi connectivity index (χ1v) is 10.5. The molecule has 154 valence electrons. The molecule has 1 aliphatic rings. The Labute approximate surface area is 173 Å². The molecule has 4 nitrogen and oxygen atoms in total. The molecular formula is C23H30BFN2O2. The van der Waals surface area contributed by atoms with Crippen LogP contribution in [0.5, 0.6) is 0 Å². The quantitative estimate of drug-likeness (QED) is 0.764. The lowest BCUT2D eigenvalue weighted by Crippen LogP contribution is -2.43. The minimum atomic E-state index is -1.29. The van der Waals surface area contributed by atoms with Crippen molar-refractivity contribution in [1.29, 1.82) is 0 Å². The van der Waals surface area contributed by atoms with Gasteiger partial charge in [0.1, 0.15) is 11.4 Å². The Morgan fingerprint density at radius 3 is 2.31 bits per heavy atom. The van der Waals surface area contributed by atoms with Gasteiger partial charge in [-0.15, -0.1) is 0 Å². The van der Waals surface area contributed by atoms with E-state index in [0.717, 1.165) is 25.9 Å². The van der Waals surface area contributed by atoms with Crippen LogP contribution in [0, 0.1) is 11.7 Å². The van der Waals surface area contributed by atoms with Crippen molar-refractivity contribution in [3.05, 3.63) is 71.0 Å². The predicted octanol–water partition coefficient (Wildman–Crippen LogP) is 2.80. The SMILES string of the molecule is BN1CCC(C(O)(c2ccc(C(=O)N(CC)CC)cc2)c2cccc(F)c2)CC1. The van der Waals surface area contributed by atoms with Crippen LogP contribution in [-0.2, 0) is 5.60 Å². The Bertz CT molecular complexity index is 833. The van der Waals surface area contributed by atoms with E-state index in [0.29, 0.717) is 29.8 Å². The lowest BCUT2D eigenvalue weighted by molar-refractivity contribution is -0.00543. The Morgan fingerprint density at radius 2 is 1.76 bits per heavy atom. The molecule has 2 aromatic rings. The van der Waals surface area contributed by atoms with Crippen molar-refractivity contribution in [2.75, 3.05) is 26.2 Å². The molecule has 1 heterocycles. The summed E-state index contributed by atoms with van der Waals surface area (Å²) in [5.41, 5.74) is 0.575. The van der Waals surface area contributed by atoms with Crippen molar-refractivity contribution in [2.45, 2.75) is 32.3 Å². The maximum absolute atomic E-state index is 14.0. The molecule has 1 atom stereocenters. The van der Waals surface area contributed by atoms with Gasteiger partial charge in [0.15, 0.2) is 7.98 Å². The number of carbonyl (C=O) groups is 1. The Hall–Kier alpha value is -2.18. The van der Waals surface area contributed by atoms with E-state index in [4.69, 9.17) is 0 Å². The van der Waals surface area contributed by atoms with Gasteiger partial charge in [-0.05, 0) is 81.1 Å². The average Bonchev–Trinajstić information content (AvgIpc) is 2.74. The minimum absolute atomic E-state index is 0.0184. The van der Waals surface area contributed by atoms with E-state index in [1.807, 2.05) is 26.0 Å². The highest BCUT2D eigenvalue weighted by Crippen LogP contribution is 2.42. The van der Waals surface area contributed by atoms with E-state index in [1.165, 1.54) is 12.1 Å². The molecule has 1 aliphatic heterocycles. The van der Waals surface area contributed by atoms with Crippen LogP contribution in [0.25, 0.3) is 0 Å². The van der Waals surface area contributed by atoms with Gasteiger partial charge < -0.3 is 14.8 Å². The van der Waals surface area contributed by atoms with Crippen molar-refractivity contribution in [1.82, 2.24) is 9.71 Å². The summed E-state index contributed by atoms with van der Waals surface area (Å²) in [6.45, 7) is 7.00. The summed E-state index contributed by atoms with van der Waals surface area (Å²) in [4.78, 5) is 16.6. The second kappa shape index (κ2) is 9.10. The number of hydrogen-bond donors (Lipinski definition) is 1. The van der Waals surface area contributed by atoms with Gasteiger partial charge in [0.2, 0.25) is 0 Å². The predicted molar refractivity (Wildman–Crippen MR) is 116 cm³/mol. The number of benzene rings is 2. The van der Waals surface area contributed by atoms with E-state index in [2.05, 4.69) is 12.8 Å². The number of piperidine rings is 1. The first-order valence-electron chi connectivity index (χ1n) is 10.5. The molecule has 0 saturated carbocycles. The molecule has 1 fully saturated rings. The van der Waals surface area contributed by atoms with Crippen molar-refractivity contribution in [2.24, 2.45) is 5.92 Å². The Kier molecular flexibility index (Phi) is 6.76. The van der Waals surface area contributed by atoms with Crippen molar-refractivity contribution >= 4 is 13.9 Å². The topological polar surface area (TPSA) is 43.8 Å². The molecule has 1 amide bonds. The lowest BCUT2D eigenvalue weighted by Gasteiger charge is -2.41. The van der Waals surface area contributed by atoms with Crippen LogP contribution in [0.1, 0.15) is 48.2 Å². The normalized spacial score (nSPS) is 17.7. The monoisotopic (exact) mass is 396 g/mol. The summed E-state index contributed by atoms with van der Waals surface area (Å²) >= 11 is 0. The molecule has 3 rings (SSSR count). The molecule has 0 aromatic heterocycles. The first-order chi connectivity index (χ1) is 13.9. The molecule has 29 heavy (non-hydrogen) atoms. The summed E-state index contributed by atoms with van der Waals surface area (Å²) in [6, 6.07) is 13.4. The van der Waals surface area contributed by atoms with Gasteiger partial charge in [-0.3, -0.25) is 4.79 Å². The number of halogens is 1. The molecular weight excluding hydrogens is 366 g/mol. The van der Waals surface area contributed by atoms with Crippen molar-refractivity contribution in [3.8, 4) is 0 Å². The molecule has 0 aliphatic carbocycles. The van der Waals surface area contributed by atoms with E-state index < -0.39 is 5.60 Å². The number of aliphatic hydroxyl groups is 1. The summed E-state index contributed by atoms with van der Waals surface area (Å²) in [5.74, 6) is -0.401. The largest absolute Gasteiger partial charge is 0.380 e. The van der Waals surface area contributed by atoms with Gasteiger partial charge in [-0.2, -0.15) is 0 Å². The van der Waals surface area contributed by atoms with Crippen molar-refractivity contribution in [3.63, 3.8) is 0 Å². The van der Waals surface area contributed by atoms with Crippen LogP contribution in [0.3, 0.4) is 0 Å². The van der Waals surface area contributed by atoms with Crippen molar-refractivity contribution < 1.29 is 14.3 Å². The zero-order valence-corrected chi connectivity index (χ0v) is 17.6. The van der Waals surface area contributed by atoms with Gasteiger partial charge in [0.05, 0.1) is 0 Å². The smallest absolute Gasteiger partial charge is 0.253 e. The van der Waals surface area contributed by atoms with E-state index in [9.17, 15) is 14.3 Å². The number of hydrogen-bond acceptors (Lipinski definition) is 3. The number of rotatable bonds is 6. The van der Waals surface area contributed by atoms with Gasteiger partial charge in [0, 0.05) is 18.7 Å². The van der Waals surface area contributed by atoms with Gasteiger partial charge >= 0.3 is 0 Å². The van der Waals surface area contributed by atoms with Gasteiger partial charge in [-0.25, -0.2) is 4.39 Å². The van der Waals surface area contributed by atoms with Crippen LogP contribution in [0.2, 0.25) is 0 Å². The third kappa shape index (κ3) is 4.38. The highest BCUT2D eigenvalue weighted by molar-refractivity contribution is 6.04. The van der Waals surface area contributed by atoms with Crippen LogP contribution < -0.4 is 0 Å². The van der Waals surface area contributed by atoms with Gasteiger partial charge in [-0.1, -0.05) is 24.3 Å². The molecule has 1 unspecified atom stereocenters. The molecule has 0 radical (unpaired) electrons. The van der Waals surface area contributed by atoms with Gasteiger partial charge in [0.25, 0.3) is 5.91 Å². The molecule has 0 spiro atoms. The fourth-order valence-electron chi connectivity index (χ4n) is 4.35. The molecule has 6 heteroatoms. The number of carbonyl (C=O) groups excluding carboxylic acids is 1. The number of amides is 1. The second-order valence-corrected chi connectivity index (χ2v) is 7.91. The molecule has 1 N–H and O–H groups in total. The fraction of sp³-hybridized carbons (Fsp3) is 0.435. The lowest BCUT2D eigenvalue weighted by atomic mass is 9.71. The fourth-order valence-corrected chi connectivity index (χ4v) is 4.35. The summed E-state index contributed by atoms with van der Waals surface area (Å²) in [7, 11) is 2.07. The van der Waals surface area contributed by atoms with Crippen LogP contribution >= 0.6 is 0 Å². The maximum atomic E-state index is 14.0. The zero-order valence-electron chi connectivity index (χ0n) is 17.6. The van der Waals surface area contributed by atoms with E-state index >= 15 is 0 Å². The third-order valence-electron chi connectivity index (χ3n) is 6.20. The Morgan fingerprint density at radius 1 is 1.14 bits per heavy atom. The van der Waals surface area contributed by atoms with E-state index in [-0.39, 0.29) is 17.6 Å². The first kappa shape index (κ1) is 21.5. The van der Waals surface area contributed by atoms with Crippen LogP contribution in [-0.4, -0.2) is 54.9 Å². The molecule has 2 aromatic carbocycles. The highest BCUT2D eigenvalue weighted by Gasteiger charge is 2.41. The summed E-state index contributed by atoms with van der Waals surface area (Å²) in [6.07, 6.45) is 1.65. The highest BCUT2D eigenvalue weighted by atomic mass is 19.1. The molecule has 0 bridgehead atoms. The standard InChI is InChI=1S/C23H30BFN2O2/c1-3-26(4-2)22(28)17-8-10-18(11-9-17)23(29,19-12-14-27(24)15-13-19)20-6-5-7-21(25)16-20/h5-11,16,19,29H,3-4,12-15,24H2,1-2H3. The van der Waals surface area contributed by atoms with E-state index in [1.54, 1.807) is 29.2 Å². The third-order valence-corrected chi connectivity index (χ3v) is 6.20. The molecule has 1 saturated heterocycles. The summed E-state index contributed by atoms with van der Waals surface area (Å²) < 4.78 is 14.0. The van der Waals surface area contributed by atoms with Crippen LogP contribution in [0.15, 0.2) is 48.5 Å².